The molecule has 0 fully saturated rings. The van der Waals surface area contributed by atoms with Crippen molar-refractivity contribution in [1.82, 2.24) is 5.32 Å². The number of nitrogens with one attached hydrogen (secondary N) is 1. The molecule has 1 amide bonds. The summed E-state index contributed by atoms with van der Waals surface area (Å²) in [6.45, 7) is 9.29. The Kier molecular flexibility index (Phi) is 7.95. The van der Waals surface area contributed by atoms with Gasteiger partial charge in [0.25, 0.3) is 0 Å². The Morgan fingerprint density at radius 2 is 2.25 bits per heavy atom. The van der Waals surface area contributed by atoms with Crippen LogP contribution in [0.2, 0.25) is 0 Å². The van der Waals surface area contributed by atoms with Gasteiger partial charge in [-0.3, -0.25) is 4.79 Å². The number of amides is 1. The van der Waals surface area contributed by atoms with Gasteiger partial charge in [-0.1, -0.05) is 28.1 Å². The molecule has 0 bridgehead atoms. The highest BCUT2D eigenvalue weighted by atomic mass is 79.9. The Labute approximate surface area is 133 Å². The van der Waals surface area contributed by atoms with E-state index in [0.29, 0.717) is 25.5 Å². The maximum Gasteiger partial charge on any atom is 0.230 e. The van der Waals surface area contributed by atoms with Gasteiger partial charge in [-0.15, -0.1) is 11.8 Å². The molecular weight excluding hydrogens is 338 g/mol. The standard InChI is InChI=1S/C15H20BrNO2S/c1-11(2)9-19-7-6-17-15(18)10-20-14-5-4-13(16)8-12(14)3/h4-5,8H,1,6-7,9-10H2,2-3H3,(H,17,18). The molecule has 0 spiro atoms. The molecule has 3 nitrogen and oxygen atoms in total. The third-order valence-electron chi connectivity index (χ3n) is 2.41. The minimum absolute atomic E-state index is 0.0243. The number of carbonyl (C=O) groups is 1. The topological polar surface area (TPSA) is 38.3 Å². The second-order valence-corrected chi connectivity index (χ2v) is 6.49. The van der Waals surface area contributed by atoms with E-state index in [0.717, 1.165) is 14.9 Å². The highest BCUT2D eigenvalue weighted by Crippen LogP contribution is 2.24. The molecule has 0 aliphatic heterocycles. The van der Waals surface area contributed by atoms with Crippen LogP contribution in [0.4, 0.5) is 0 Å². The number of rotatable bonds is 8. The van der Waals surface area contributed by atoms with E-state index in [1.54, 1.807) is 11.8 Å². The lowest BCUT2D eigenvalue weighted by atomic mass is 10.2. The monoisotopic (exact) mass is 357 g/mol. The molecule has 0 aliphatic rings. The van der Waals surface area contributed by atoms with Crippen molar-refractivity contribution in [3.8, 4) is 0 Å². The van der Waals surface area contributed by atoms with E-state index in [-0.39, 0.29) is 5.91 Å². The predicted molar refractivity (Wildman–Crippen MR) is 88.2 cm³/mol. The summed E-state index contributed by atoms with van der Waals surface area (Å²) in [5.41, 5.74) is 2.15. The van der Waals surface area contributed by atoms with Gasteiger partial charge in [-0.2, -0.15) is 0 Å². The normalized spacial score (nSPS) is 10.3. The zero-order valence-electron chi connectivity index (χ0n) is 11.9. The van der Waals surface area contributed by atoms with Crippen molar-refractivity contribution in [2.45, 2.75) is 18.7 Å². The van der Waals surface area contributed by atoms with Crippen LogP contribution in [0.3, 0.4) is 0 Å². The molecule has 1 N–H and O–H groups in total. The van der Waals surface area contributed by atoms with Crippen LogP contribution in [0.25, 0.3) is 0 Å². The maximum atomic E-state index is 11.7. The zero-order chi connectivity index (χ0) is 15.0. The second kappa shape index (κ2) is 9.21. The number of thioether (sulfide) groups is 1. The van der Waals surface area contributed by atoms with E-state index in [9.17, 15) is 4.79 Å². The van der Waals surface area contributed by atoms with Crippen molar-refractivity contribution in [2.75, 3.05) is 25.5 Å². The number of halogens is 1. The average Bonchev–Trinajstić information content (AvgIpc) is 2.37. The summed E-state index contributed by atoms with van der Waals surface area (Å²) in [5.74, 6) is 0.444. The fourth-order valence-corrected chi connectivity index (χ4v) is 2.79. The predicted octanol–water partition coefficient (Wildman–Crippen LogP) is 3.56. The van der Waals surface area contributed by atoms with Gasteiger partial charge in [-0.25, -0.2) is 0 Å². The van der Waals surface area contributed by atoms with E-state index < -0.39 is 0 Å². The fraction of sp³-hybridized carbons (Fsp3) is 0.400. The number of carbonyl (C=O) groups excluding carboxylic acids is 1. The molecule has 0 saturated carbocycles. The molecule has 5 heteroatoms. The van der Waals surface area contributed by atoms with E-state index in [1.807, 2.05) is 32.0 Å². The summed E-state index contributed by atoms with van der Waals surface area (Å²) < 4.78 is 6.37. The fourth-order valence-electron chi connectivity index (χ4n) is 1.48. The molecule has 1 aromatic rings. The molecule has 0 aromatic heterocycles. The van der Waals surface area contributed by atoms with Crippen molar-refractivity contribution < 1.29 is 9.53 Å². The molecule has 20 heavy (non-hydrogen) atoms. The lowest BCUT2D eigenvalue weighted by Gasteiger charge is -2.08. The molecule has 0 heterocycles. The third-order valence-corrected chi connectivity index (χ3v) is 4.08. The van der Waals surface area contributed by atoms with Gasteiger partial charge in [-0.05, 0) is 37.6 Å². The molecule has 0 aliphatic carbocycles. The minimum atomic E-state index is 0.0243. The van der Waals surface area contributed by atoms with Crippen LogP contribution in [-0.2, 0) is 9.53 Å². The molecule has 0 saturated heterocycles. The Hall–Kier alpha value is -0.780. The number of benzene rings is 1. The van der Waals surface area contributed by atoms with Crippen molar-refractivity contribution in [2.24, 2.45) is 0 Å². The molecule has 0 radical (unpaired) electrons. The number of aryl methyl sites for hydroxylation is 1. The first-order valence-corrected chi connectivity index (χ1v) is 8.14. The number of ether oxygens (including phenoxy) is 1. The van der Waals surface area contributed by atoms with Crippen LogP contribution >= 0.6 is 27.7 Å². The largest absolute Gasteiger partial charge is 0.375 e. The lowest BCUT2D eigenvalue weighted by Crippen LogP contribution is -2.28. The van der Waals surface area contributed by atoms with Crippen LogP contribution in [0, 0.1) is 6.92 Å². The second-order valence-electron chi connectivity index (χ2n) is 4.56. The summed E-state index contributed by atoms with van der Waals surface area (Å²) >= 11 is 4.97. The first-order chi connectivity index (χ1) is 9.49. The van der Waals surface area contributed by atoms with E-state index in [1.165, 1.54) is 5.56 Å². The van der Waals surface area contributed by atoms with Gasteiger partial charge in [0.15, 0.2) is 0 Å². The summed E-state index contributed by atoms with van der Waals surface area (Å²) in [6.07, 6.45) is 0. The van der Waals surface area contributed by atoms with Gasteiger partial charge in [0.2, 0.25) is 5.91 Å². The highest BCUT2D eigenvalue weighted by molar-refractivity contribution is 9.10. The smallest absolute Gasteiger partial charge is 0.230 e. The Bertz CT molecular complexity index is 477. The number of hydrogen-bond donors (Lipinski definition) is 1. The molecule has 1 aromatic carbocycles. The van der Waals surface area contributed by atoms with Crippen molar-refractivity contribution in [3.05, 3.63) is 40.4 Å². The summed E-state index contributed by atoms with van der Waals surface area (Å²) in [6, 6.07) is 6.05. The Balaban J connectivity index is 2.21. The molecule has 1 rings (SSSR count). The van der Waals surface area contributed by atoms with E-state index >= 15 is 0 Å². The van der Waals surface area contributed by atoms with Crippen molar-refractivity contribution in [1.29, 1.82) is 0 Å². The maximum absolute atomic E-state index is 11.7. The zero-order valence-corrected chi connectivity index (χ0v) is 14.3. The first-order valence-electron chi connectivity index (χ1n) is 6.37. The van der Waals surface area contributed by atoms with E-state index in [4.69, 9.17) is 4.74 Å². The van der Waals surface area contributed by atoms with Crippen LogP contribution in [-0.4, -0.2) is 31.4 Å². The summed E-state index contributed by atoms with van der Waals surface area (Å²) in [5, 5.41) is 2.83. The van der Waals surface area contributed by atoms with Gasteiger partial charge in [0, 0.05) is 15.9 Å². The first kappa shape index (κ1) is 17.3. The van der Waals surface area contributed by atoms with Gasteiger partial charge in [0.1, 0.15) is 0 Å². The van der Waals surface area contributed by atoms with Crippen LogP contribution < -0.4 is 5.32 Å². The van der Waals surface area contributed by atoms with Crippen molar-refractivity contribution in [3.63, 3.8) is 0 Å². The van der Waals surface area contributed by atoms with Crippen molar-refractivity contribution >= 4 is 33.6 Å². The number of hydrogen-bond acceptors (Lipinski definition) is 3. The third kappa shape index (κ3) is 7.12. The molecular formula is C15H20BrNO2S. The average molecular weight is 358 g/mol. The van der Waals surface area contributed by atoms with Crippen LogP contribution in [0.15, 0.2) is 39.7 Å². The summed E-state index contributed by atoms with van der Waals surface area (Å²) in [4.78, 5) is 12.8. The van der Waals surface area contributed by atoms with Gasteiger partial charge < -0.3 is 10.1 Å². The summed E-state index contributed by atoms with van der Waals surface area (Å²) in [7, 11) is 0. The van der Waals surface area contributed by atoms with E-state index in [2.05, 4.69) is 27.8 Å². The van der Waals surface area contributed by atoms with Gasteiger partial charge >= 0.3 is 0 Å². The quantitative estimate of drug-likeness (QED) is 0.439. The van der Waals surface area contributed by atoms with Crippen LogP contribution in [0.5, 0.6) is 0 Å². The molecule has 0 unspecified atom stereocenters. The SMILES string of the molecule is C=C(C)COCCNC(=O)CSc1ccc(Br)cc1C. The minimum Gasteiger partial charge on any atom is -0.375 e. The molecule has 110 valence electrons. The van der Waals surface area contributed by atoms with Gasteiger partial charge in [0.05, 0.1) is 19.0 Å². The lowest BCUT2D eigenvalue weighted by molar-refractivity contribution is -0.118. The Morgan fingerprint density at radius 3 is 2.90 bits per heavy atom. The Morgan fingerprint density at radius 1 is 1.50 bits per heavy atom. The molecule has 0 atom stereocenters. The highest BCUT2D eigenvalue weighted by Gasteiger charge is 2.05. The van der Waals surface area contributed by atoms with Crippen LogP contribution in [0.1, 0.15) is 12.5 Å².